The van der Waals surface area contributed by atoms with Crippen molar-refractivity contribution >= 4 is 23.2 Å². The van der Waals surface area contributed by atoms with Crippen LogP contribution in [0.15, 0.2) is 17.5 Å². The molecule has 1 amide bonds. The number of hydrogen-bond donors (Lipinski definition) is 1. The third-order valence-electron chi connectivity index (χ3n) is 3.80. The molecule has 7 heteroatoms. The Hall–Kier alpha value is -1.44. The Morgan fingerprint density at radius 1 is 1.32 bits per heavy atom. The Labute approximate surface area is 134 Å². The van der Waals surface area contributed by atoms with Gasteiger partial charge in [0.2, 0.25) is 5.91 Å². The number of carboxylic acids is 1. The highest BCUT2D eigenvalue weighted by atomic mass is 32.1. The summed E-state index contributed by atoms with van der Waals surface area (Å²) in [4.78, 5) is 30.1. The first-order chi connectivity index (χ1) is 10.5. The van der Waals surface area contributed by atoms with Gasteiger partial charge in [-0.1, -0.05) is 6.07 Å². The number of aliphatic carboxylic acids is 1. The lowest BCUT2D eigenvalue weighted by Crippen LogP contribution is -2.50. The molecule has 2 heterocycles. The van der Waals surface area contributed by atoms with Crippen molar-refractivity contribution in [3.63, 3.8) is 0 Å². The van der Waals surface area contributed by atoms with Gasteiger partial charge < -0.3 is 10.0 Å². The van der Waals surface area contributed by atoms with Crippen LogP contribution in [0.25, 0.3) is 0 Å². The minimum Gasteiger partial charge on any atom is -0.481 e. The topological polar surface area (TPSA) is 64.1 Å². The summed E-state index contributed by atoms with van der Waals surface area (Å²) in [5.74, 6) is -0.745. The van der Waals surface area contributed by atoms with Crippen LogP contribution in [0.2, 0.25) is 0 Å². The van der Waals surface area contributed by atoms with Crippen molar-refractivity contribution in [2.45, 2.75) is 13.0 Å². The summed E-state index contributed by atoms with van der Waals surface area (Å²) in [6.07, 6.45) is 0.0678. The fraction of sp³-hybridized carbons (Fsp3) is 0.600. The maximum atomic E-state index is 12.2. The number of carbonyl (C=O) groups excluding carboxylic acids is 1. The van der Waals surface area contributed by atoms with Crippen LogP contribution in [0.3, 0.4) is 0 Å². The highest BCUT2D eigenvalue weighted by molar-refractivity contribution is 7.09. The molecule has 2 rings (SSSR count). The first-order valence-corrected chi connectivity index (χ1v) is 8.35. The van der Waals surface area contributed by atoms with Gasteiger partial charge in [-0.15, -0.1) is 11.3 Å². The van der Waals surface area contributed by atoms with E-state index >= 15 is 0 Å². The molecule has 1 aliphatic heterocycles. The van der Waals surface area contributed by atoms with Crippen molar-refractivity contribution in [2.75, 3.05) is 46.3 Å². The predicted molar refractivity (Wildman–Crippen MR) is 85.9 cm³/mol. The van der Waals surface area contributed by atoms with Crippen molar-refractivity contribution in [3.05, 3.63) is 22.4 Å². The molecule has 0 aliphatic carbocycles. The standard InChI is InChI=1S/C15H23N3O3S/c1-16(5-4-15(20)21)12-14(19)18-8-6-17(7-9-18)11-13-3-2-10-22-13/h2-3,10H,4-9,11-12H2,1H3,(H,20,21). The third-order valence-corrected chi connectivity index (χ3v) is 4.66. The van der Waals surface area contributed by atoms with Crippen LogP contribution in [0, 0.1) is 0 Å². The molecule has 1 aromatic rings. The first kappa shape index (κ1) is 16.9. The minimum absolute atomic E-state index is 0.0678. The highest BCUT2D eigenvalue weighted by Gasteiger charge is 2.22. The van der Waals surface area contributed by atoms with E-state index in [1.54, 1.807) is 23.3 Å². The van der Waals surface area contributed by atoms with Gasteiger partial charge in [0.15, 0.2) is 0 Å². The van der Waals surface area contributed by atoms with Gasteiger partial charge in [-0.25, -0.2) is 0 Å². The van der Waals surface area contributed by atoms with E-state index in [4.69, 9.17) is 5.11 Å². The van der Waals surface area contributed by atoms with Gasteiger partial charge in [-0.2, -0.15) is 0 Å². The molecule has 1 N–H and O–H groups in total. The average molecular weight is 325 g/mol. The van der Waals surface area contributed by atoms with Crippen LogP contribution >= 0.6 is 11.3 Å². The summed E-state index contributed by atoms with van der Waals surface area (Å²) in [5, 5.41) is 10.7. The van der Waals surface area contributed by atoms with Crippen molar-refractivity contribution in [1.82, 2.24) is 14.7 Å². The molecule has 1 aromatic heterocycles. The zero-order valence-electron chi connectivity index (χ0n) is 12.9. The SMILES string of the molecule is CN(CCC(=O)O)CC(=O)N1CCN(Cc2cccs2)CC1. The van der Waals surface area contributed by atoms with Crippen molar-refractivity contribution in [3.8, 4) is 0 Å². The Balaban J connectivity index is 1.69. The molecule has 0 saturated carbocycles. The van der Waals surface area contributed by atoms with E-state index in [1.165, 1.54) is 4.88 Å². The summed E-state index contributed by atoms with van der Waals surface area (Å²) in [6.45, 7) is 4.93. The summed E-state index contributed by atoms with van der Waals surface area (Å²) < 4.78 is 0. The smallest absolute Gasteiger partial charge is 0.304 e. The quantitative estimate of drug-likeness (QED) is 0.803. The third kappa shape index (κ3) is 5.40. The van der Waals surface area contributed by atoms with E-state index in [2.05, 4.69) is 22.4 Å². The Morgan fingerprint density at radius 3 is 2.64 bits per heavy atom. The van der Waals surface area contributed by atoms with Gasteiger partial charge in [-0.05, 0) is 18.5 Å². The maximum Gasteiger partial charge on any atom is 0.304 e. The number of nitrogens with zero attached hydrogens (tertiary/aromatic N) is 3. The summed E-state index contributed by atoms with van der Waals surface area (Å²) in [5.41, 5.74) is 0. The van der Waals surface area contributed by atoms with E-state index < -0.39 is 5.97 Å². The summed E-state index contributed by atoms with van der Waals surface area (Å²) >= 11 is 1.76. The number of carbonyl (C=O) groups is 2. The van der Waals surface area contributed by atoms with Crippen LogP contribution in [-0.4, -0.2) is 78.0 Å². The summed E-state index contributed by atoms with van der Waals surface area (Å²) in [7, 11) is 1.79. The molecule has 0 unspecified atom stereocenters. The van der Waals surface area contributed by atoms with Crippen LogP contribution in [0.4, 0.5) is 0 Å². The largest absolute Gasteiger partial charge is 0.481 e. The lowest BCUT2D eigenvalue weighted by atomic mass is 10.3. The van der Waals surface area contributed by atoms with Crippen molar-refractivity contribution in [1.29, 1.82) is 0 Å². The zero-order valence-corrected chi connectivity index (χ0v) is 13.7. The Kier molecular flexibility index (Phi) is 6.35. The minimum atomic E-state index is -0.832. The number of amides is 1. The molecule has 0 bridgehead atoms. The predicted octanol–water partition coefficient (Wildman–Crippen LogP) is 0.799. The number of thiophene rings is 1. The Morgan fingerprint density at radius 2 is 2.05 bits per heavy atom. The number of hydrogen-bond acceptors (Lipinski definition) is 5. The second-order valence-corrected chi connectivity index (χ2v) is 6.65. The first-order valence-electron chi connectivity index (χ1n) is 7.47. The lowest BCUT2D eigenvalue weighted by molar-refractivity contribution is -0.138. The number of carboxylic acid groups (broad SMARTS) is 1. The lowest BCUT2D eigenvalue weighted by Gasteiger charge is -2.35. The van der Waals surface area contributed by atoms with Crippen molar-refractivity contribution < 1.29 is 14.7 Å². The van der Waals surface area contributed by atoms with Crippen LogP contribution in [0.5, 0.6) is 0 Å². The van der Waals surface area contributed by atoms with Crippen molar-refractivity contribution in [2.24, 2.45) is 0 Å². The molecule has 1 aliphatic rings. The van der Waals surface area contributed by atoms with E-state index in [-0.39, 0.29) is 18.9 Å². The normalized spacial score (nSPS) is 16.2. The zero-order chi connectivity index (χ0) is 15.9. The monoisotopic (exact) mass is 325 g/mol. The summed E-state index contributed by atoms with van der Waals surface area (Å²) in [6, 6.07) is 4.20. The number of likely N-dealkylation sites (N-methyl/N-ethyl adjacent to an activating group) is 1. The van der Waals surface area contributed by atoms with Gasteiger partial charge >= 0.3 is 5.97 Å². The van der Waals surface area contributed by atoms with Crippen LogP contribution in [-0.2, 0) is 16.1 Å². The highest BCUT2D eigenvalue weighted by Crippen LogP contribution is 2.13. The van der Waals surface area contributed by atoms with E-state index in [1.807, 2.05) is 4.90 Å². The van der Waals surface area contributed by atoms with Gasteiger partial charge in [0, 0.05) is 44.1 Å². The second kappa shape index (κ2) is 8.26. The average Bonchev–Trinajstić information content (AvgIpc) is 2.99. The van der Waals surface area contributed by atoms with E-state index in [0.29, 0.717) is 6.54 Å². The fourth-order valence-electron chi connectivity index (χ4n) is 2.47. The van der Waals surface area contributed by atoms with Gasteiger partial charge in [0.05, 0.1) is 13.0 Å². The molecule has 0 atom stereocenters. The molecule has 122 valence electrons. The van der Waals surface area contributed by atoms with Gasteiger partial charge in [0.25, 0.3) is 0 Å². The van der Waals surface area contributed by atoms with Gasteiger partial charge in [-0.3, -0.25) is 19.4 Å². The van der Waals surface area contributed by atoms with Gasteiger partial charge in [0.1, 0.15) is 0 Å². The number of piperazine rings is 1. The molecule has 0 aromatic carbocycles. The van der Waals surface area contributed by atoms with Crippen LogP contribution < -0.4 is 0 Å². The number of rotatable bonds is 7. The molecular weight excluding hydrogens is 302 g/mol. The molecule has 0 radical (unpaired) electrons. The van der Waals surface area contributed by atoms with E-state index in [0.717, 1.165) is 32.7 Å². The molecule has 0 spiro atoms. The van der Waals surface area contributed by atoms with Crippen LogP contribution in [0.1, 0.15) is 11.3 Å². The maximum absolute atomic E-state index is 12.2. The molecule has 1 fully saturated rings. The molecule has 22 heavy (non-hydrogen) atoms. The fourth-order valence-corrected chi connectivity index (χ4v) is 3.22. The molecule has 1 saturated heterocycles. The molecule has 6 nitrogen and oxygen atoms in total. The second-order valence-electron chi connectivity index (χ2n) is 5.62. The molecular formula is C15H23N3O3S. The van der Waals surface area contributed by atoms with E-state index in [9.17, 15) is 9.59 Å². The Bertz CT molecular complexity index is 484.